The molecule has 1 aliphatic carbocycles. The molecule has 3 aromatic rings. The van der Waals surface area contributed by atoms with Crippen molar-refractivity contribution < 1.29 is 20.1 Å². The molecule has 29 heavy (non-hydrogen) atoms. The standard InChI is InChI=1S/C20H23N5O4/c26-8-13-15(27)16(28)19(29-13)25-11-24-14-17(22-10-23-18(14)25)21-9-20(6-7-20)12-4-2-1-3-5-12/h1-5,10-11,13,15-16,19,26-28H,6-9H2,(H,21,22,23)/t13-,15-,16-,19-/m1/s1. The Hall–Kier alpha value is -2.59. The second-order valence-corrected chi connectivity index (χ2v) is 7.78. The van der Waals surface area contributed by atoms with Crippen molar-refractivity contribution in [3.05, 3.63) is 48.5 Å². The zero-order valence-corrected chi connectivity index (χ0v) is 15.7. The van der Waals surface area contributed by atoms with Crippen LogP contribution in [0.3, 0.4) is 0 Å². The molecule has 1 saturated heterocycles. The van der Waals surface area contributed by atoms with Crippen LogP contribution in [0.2, 0.25) is 0 Å². The number of ether oxygens (including phenoxy) is 1. The molecule has 4 N–H and O–H groups in total. The van der Waals surface area contributed by atoms with Crippen LogP contribution in [-0.2, 0) is 10.2 Å². The van der Waals surface area contributed by atoms with E-state index in [2.05, 4.69) is 44.5 Å². The molecule has 0 radical (unpaired) electrons. The van der Waals surface area contributed by atoms with Crippen molar-refractivity contribution >= 4 is 17.0 Å². The third kappa shape index (κ3) is 3.06. The van der Waals surface area contributed by atoms with E-state index in [0.29, 0.717) is 17.0 Å². The van der Waals surface area contributed by atoms with Gasteiger partial charge in [0.2, 0.25) is 0 Å². The number of nitrogens with one attached hydrogen (secondary N) is 1. The van der Waals surface area contributed by atoms with E-state index in [9.17, 15) is 15.3 Å². The van der Waals surface area contributed by atoms with Crippen molar-refractivity contribution in [2.24, 2.45) is 0 Å². The number of aliphatic hydroxyl groups is 3. The van der Waals surface area contributed by atoms with Crippen LogP contribution in [0.25, 0.3) is 11.2 Å². The molecule has 9 heteroatoms. The molecule has 9 nitrogen and oxygen atoms in total. The number of rotatable bonds is 6. The molecule has 4 atom stereocenters. The Morgan fingerprint density at radius 2 is 1.90 bits per heavy atom. The average molecular weight is 397 g/mol. The second kappa shape index (κ2) is 7.03. The van der Waals surface area contributed by atoms with E-state index in [1.165, 1.54) is 18.2 Å². The predicted octanol–water partition coefficient (Wildman–Crippen LogP) is 0.581. The number of benzene rings is 1. The van der Waals surface area contributed by atoms with Gasteiger partial charge in [-0.2, -0.15) is 0 Å². The minimum atomic E-state index is -1.19. The van der Waals surface area contributed by atoms with Crippen molar-refractivity contribution in [3.63, 3.8) is 0 Å². The molecule has 1 aliphatic heterocycles. The highest BCUT2D eigenvalue weighted by atomic mass is 16.6. The zero-order valence-electron chi connectivity index (χ0n) is 15.7. The minimum absolute atomic E-state index is 0.115. The lowest BCUT2D eigenvalue weighted by Gasteiger charge is -2.18. The Morgan fingerprint density at radius 3 is 2.59 bits per heavy atom. The third-order valence-electron chi connectivity index (χ3n) is 5.98. The number of hydrogen-bond donors (Lipinski definition) is 4. The van der Waals surface area contributed by atoms with Gasteiger partial charge in [-0.15, -0.1) is 0 Å². The quantitative estimate of drug-likeness (QED) is 0.476. The second-order valence-electron chi connectivity index (χ2n) is 7.78. The van der Waals surface area contributed by atoms with Crippen LogP contribution in [0.4, 0.5) is 5.82 Å². The molecular formula is C20H23N5O4. The summed E-state index contributed by atoms with van der Waals surface area (Å²) in [6.45, 7) is 0.356. The largest absolute Gasteiger partial charge is 0.394 e. The molecule has 0 amide bonds. The molecule has 152 valence electrons. The zero-order chi connectivity index (χ0) is 20.0. The third-order valence-corrected chi connectivity index (χ3v) is 5.98. The number of nitrogens with zero attached hydrogens (tertiary/aromatic N) is 4. The van der Waals surface area contributed by atoms with Gasteiger partial charge in [-0.25, -0.2) is 15.0 Å². The van der Waals surface area contributed by atoms with E-state index in [1.807, 2.05) is 6.07 Å². The van der Waals surface area contributed by atoms with Crippen LogP contribution >= 0.6 is 0 Å². The van der Waals surface area contributed by atoms with Gasteiger partial charge in [0.1, 0.15) is 24.6 Å². The van der Waals surface area contributed by atoms with Gasteiger partial charge in [0, 0.05) is 12.0 Å². The highest BCUT2D eigenvalue weighted by Gasteiger charge is 2.45. The number of aliphatic hydroxyl groups excluding tert-OH is 3. The van der Waals surface area contributed by atoms with Crippen LogP contribution in [0, 0.1) is 0 Å². The lowest BCUT2D eigenvalue weighted by atomic mass is 9.96. The van der Waals surface area contributed by atoms with Crippen molar-refractivity contribution in [2.75, 3.05) is 18.5 Å². The van der Waals surface area contributed by atoms with Crippen LogP contribution in [0.15, 0.2) is 43.0 Å². The van der Waals surface area contributed by atoms with E-state index < -0.39 is 24.5 Å². The van der Waals surface area contributed by atoms with Gasteiger partial charge in [0.25, 0.3) is 0 Å². The van der Waals surface area contributed by atoms with Crippen molar-refractivity contribution in [2.45, 2.75) is 42.8 Å². The molecule has 0 spiro atoms. The van der Waals surface area contributed by atoms with Gasteiger partial charge in [0.15, 0.2) is 23.2 Å². The first kappa shape index (κ1) is 18.4. The van der Waals surface area contributed by atoms with Gasteiger partial charge in [0.05, 0.1) is 12.9 Å². The maximum atomic E-state index is 10.3. The summed E-state index contributed by atoms with van der Waals surface area (Å²) in [5.74, 6) is 0.614. The lowest BCUT2D eigenvalue weighted by molar-refractivity contribution is -0.0511. The van der Waals surface area contributed by atoms with Gasteiger partial charge in [-0.3, -0.25) is 4.57 Å². The Kier molecular flexibility index (Phi) is 4.47. The monoisotopic (exact) mass is 397 g/mol. The van der Waals surface area contributed by atoms with Gasteiger partial charge in [-0.05, 0) is 18.4 Å². The topological polar surface area (TPSA) is 126 Å². The summed E-state index contributed by atoms with van der Waals surface area (Å²) in [5, 5.41) is 33.1. The molecule has 0 bridgehead atoms. The Balaban J connectivity index is 1.40. The highest BCUT2D eigenvalue weighted by molar-refractivity contribution is 5.82. The smallest absolute Gasteiger partial charge is 0.167 e. The van der Waals surface area contributed by atoms with E-state index in [-0.39, 0.29) is 12.0 Å². The van der Waals surface area contributed by atoms with E-state index in [0.717, 1.165) is 19.4 Å². The van der Waals surface area contributed by atoms with Crippen LogP contribution < -0.4 is 5.32 Å². The summed E-state index contributed by atoms with van der Waals surface area (Å²) in [4.78, 5) is 13.0. The first-order valence-electron chi connectivity index (χ1n) is 9.72. The number of anilines is 1. The van der Waals surface area contributed by atoms with Crippen LogP contribution in [-0.4, -0.2) is 66.3 Å². The molecule has 2 aliphatic rings. The Bertz CT molecular complexity index is 1010. The molecule has 3 heterocycles. The average Bonchev–Trinajstić information content (AvgIpc) is 3.35. The van der Waals surface area contributed by atoms with Gasteiger partial charge in [-0.1, -0.05) is 30.3 Å². The Morgan fingerprint density at radius 1 is 1.10 bits per heavy atom. The molecule has 5 rings (SSSR count). The maximum absolute atomic E-state index is 10.3. The summed E-state index contributed by atoms with van der Waals surface area (Å²) in [5.41, 5.74) is 2.48. The van der Waals surface area contributed by atoms with Crippen LogP contribution in [0.1, 0.15) is 24.6 Å². The first-order chi connectivity index (χ1) is 14.1. The summed E-state index contributed by atoms with van der Waals surface area (Å²) >= 11 is 0. The molecule has 1 aromatic carbocycles. The van der Waals surface area contributed by atoms with Crippen LogP contribution in [0.5, 0.6) is 0 Å². The van der Waals surface area contributed by atoms with Gasteiger partial charge >= 0.3 is 0 Å². The highest BCUT2D eigenvalue weighted by Crippen LogP contribution is 2.48. The SMILES string of the molecule is OC[C@H]1O[C@@H](n2cnc3c(NCC4(c5ccccc5)CC4)ncnc32)[C@H](O)[C@@H]1O. The van der Waals surface area contributed by atoms with Crippen molar-refractivity contribution in [3.8, 4) is 0 Å². The van der Waals surface area contributed by atoms with Crippen molar-refractivity contribution in [1.29, 1.82) is 0 Å². The van der Waals surface area contributed by atoms with E-state index in [4.69, 9.17) is 4.74 Å². The Labute approximate surface area is 167 Å². The molecule has 2 fully saturated rings. The summed E-state index contributed by atoms with van der Waals surface area (Å²) < 4.78 is 7.17. The normalized spacial score (nSPS) is 28.0. The number of hydrogen-bond acceptors (Lipinski definition) is 8. The number of aromatic nitrogens is 4. The molecule has 2 aromatic heterocycles. The molecule has 0 unspecified atom stereocenters. The van der Waals surface area contributed by atoms with Gasteiger partial charge < -0.3 is 25.4 Å². The first-order valence-corrected chi connectivity index (χ1v) is 9.72. The minimum Gasteiger partial charge on any atom is -0.394 e. The fourth-order valence-electron chi connectivity index (χ4n) is 4.04. The summed E-state index contributed by atoms with van der Waals surface area (Å²) in [6, 6.07) is 10.4. The summed E-state index contributed by atoms with van der Waals surface area (Å²) in [7, 11) is 0. The van der Waals surface area contributed by atoms with E-state index >= 15 is 0 Å². The van der Waals surface area contributed by atoms with E-state index in [1.54, 1.807) is 4.57 Å². The number of fused-ring (bicyclic) bond motifs is 1. The lowest BCUT2D eigenvalue weighted by Crippen LogP contribution is -2.33. The van der Waals surface area contributed by atoms with Crippen molar-refractivity contribution in [1.82, 2.24) is 19.5 Å². The summed E-state index contributed by atoms with van der Waals surface area (Å²) in [6.07, 6.45) is 1.08. The molecular weight excluding hydrogens is 374 g/mol. The predicted molar refractivity (Wildman–Crippen MR) is 104 cm³/mol. The number of imidazole rings is 1. The fraction of sp³-hybridized carbons (Fsp3) is 0.450. The maximum Gasteiger partial charge on any atom is 0.167 e. The molecule has 1 saturated carbocycles. The fourth-order valence-corrected chi connectivity index (χ4v) is 4.04.